The molecule has 1 aliphatic heterocycles. The zero-order valence-electron chi connectivity index (χ0n) is 14.6. The number of hydrogen-bond acceptors (Lipinski definition) is 7. The molecule has 1 aromatic carbocycles. The molecule has 3 N–H and O–H groups in total. The fraction of sp³-hybridized carbons (Fsp3) is 0.389. The molecule has 0 bridgehead atoms. The number of aliphatic hydroxyl groups is 2. The summed E-state index contributed by atoms with van der Waals surface area (Å²) < 4.78 is 12.0. The van der Waals surface area contributed by atoms with Crippen molar-refractivity contribution in [3.8, 4) is 0 Å². The van der Waals surface area contributed by atoms with Crippen LogP contribution in [0.25, 0.3) is 0 Å². The van der Waals surface area contributed by atoms with Crippen molar-refractivity contribution in [2.45, 2.75) is 31.3 Å². The maximum atomic E-state index is 12.3. The highest BCUT2D eigenvalue weighted by molar-refractivity contribution is 5.89. The first-order valence-corrected chi connectivity index (χ1v) is 8.41. The molecule has 144 valence electrons. The third-order valence-corrected chi connectivity index (χ3v) is 4.51. The highest BCUT2D eigenvalue weighted by Crippen LogP contribution is 2.26. The van der Waals surface area contributed by atoms with Crippen LogP contribution in [0.4, 0.5) is 0 Å². The van der Waals surface area contributed by atoms with Gasteiger partial charge in [-0.2, -0.15) is 0 Å². The summed E-state index contributed by atoms with van der Waals surface area (Å²) in [5.41, 5.74) is -0.680. The van der Waals surface area contributed by atoms with E-state index in [4.69, 9.17) is 9.47 Å². The number of aryl methyl sites for hydroxylation is 1. The van der Waals surface area contributed by atoms with Crippen molar-refractivity contribution < 1.29 is 24.5 Å². The van der Waals surface area contributed by atoms with E-state index in [-0.39, 0.29) is 17.7 Å². The Kier molecular flexibility index (Phi) is 5.54. The van der Waals surface area contributed by atoms with Crippen LogP contribution in [0.2, 0.25) is 0 Å². The summed E-state index contributed by atoms with van der Waals surface area (Å²) in [5, 5.41) is 20.3. The Bertz CT molecular complexity index is 921. The Morgan fingerprint density at radius 2 is 2.04 bits per heavy atom. The van der Waals surface area contributed by atoms with Gasteiger partial charge in [-0.1, -0.05) is 18.2 Å². The second-order valence-corrected chi connectivity index (χ2v) is 6.33. The Morgan fingerprint density at radius 1 is 1.33 bits per heavy atom. The molecular weight excluding hydrogens is 356 g/mol. The average molecular weight is 376 g/mol. The van der Waals surface area contributed by atoms with Crippen LogP contribution < -0.4 is 11.2 Å². The zero-order valence-corrected chi connectivity index (χ0v) is 14.6. The van der Waals surface area contributed by atoms with E-state index >= 15 is 0 Å². The van der Waals surface area contributed by atoms with Gasteiger partial charge in [0.05, 0.1) is 24.8 Å². The van der Waals surface area contributed by atoms with Crippen molar-refractivity contribution in [2.24, 2.45) is 0 Å². The Hall–Kier alpha value is -2.75. The lowest BCUT2D eigenvalue weighted by atomic mass is 9.97. The molecule has 0 amide bonds. The minimum absolute atomic E-state index is 0.100. The molecule has 0 spiro atoms. The molecule has 0 radical (unpaired) electrons. The summed E-state index contributed by atoms with van der Waals surface area (Å²) in [6, 6.07) is 7.29. The Balaban J connectivity index is 1.88. The summed E-state index contributed by atoms with van der Waals surface area (Å²) >= 11 is 0. The van der Waals surface area contributed by atoms with Crippen molar-refractivity contribution in [3.63, 3.8) is 0 Å². The van der Waals surface area contributed by atoms with Crippen molar-refractivity contribution in [1.82, 2.24) is 9.55 Å². The van der Waals surface area contributed by atoms with E-state index in [1.165, 1.54) is 13.1 Å². The molecule has 9 nitrogen and oxygen atoms in total. The summed E-state index contributed by atoms with van der Waals surface area (Å²) in [6.45, 7) is 0.946. The van der Waals surface area contributed by atoms with Gasteiger partial charge in [-0.25, -0.2) is 9.59 Å². The second kappa shape index (κ2) is 7.87. The largest absolute Gasteiger partial charge is 0.453 e. The third kappa shape index (κ3) is 3.85. The number of aromatic nitrogens is 2. The first-order valence-electron chi connectivity index (χ1n) is 8.41. The van der Waals surface area contributed by atoms with E-state index < -0.39 is 48.2 Å². The van der Waals surface area contributed by atoms with Crippen LogP contribution in [0.1, 0.15) is 22.0 Å². The number of esters is 1. The minimum Gasteiger partial charge on any atom is -0.453 e. The first-order chi connectivity index (χ1) is 12.9. The molecule has 1 aromatic heterocycles. The van der Waals surface area contributed by atoms with Gasteiger partial charge >= 0.3 is 11.7 Å². The maximum absolute atomic E-state index is 12.3. The van der Waals surface area contributed by atoms with Crippen molar-refractivity contribution in [1.29, 1.82) is 0 Å². The second-order valence-electron chi connectivity index (χ2n) is 6.33. The number of benzene rings is 1. The smallest absolute Gasteiger partial charge is 0.338 e. The van der Waals surface area contributed by atoms with Crippen LogP contribution >= 0.6 is 0 Å². The summed E-state index contributed by atoms with van der Waals surface area (Å²) in [4.78, 5) is 38.2. The quantitative estimate of drug-likeness (QED) is 0.605. The predicted octanol–water partition coefficient (Wildman–Crippen LogP) is -0.636. The highest BCUT2D eigenvalue weighted by Gasteiger charge is 2.43. The van der Waals surface area contributed by atoms with Gasteiger partial charge in [-0.3, -0.25) is 14.3 Å². The zero-order chi connectivity index (χ0) is 19.6. The number of nitrogens with zero attached hydrogens (tertiary/aromatic N) is 1. The Labute approximate surface area is 153 Å². The lowest BCUT2D eigenvalue weighted by Crippen LogP contribution is -2.55. The minimum atomic E-state index is -1.33. The van der Waals surface area contributed by atoms with E-state index in [0.717, 1.165) is 4.57 Å². The van der Waals surface area contributed by atoms with Crippen LogP contribution in [0.15, 0.2) is 46.1 Å². The summed E-state index contributed by atoms with van der Waals surface area (Å²) in [7, 11) is 0. The van der Waals surface area contributed by atoms with Crippen LogP contribution in [0.5, 0.6) is 0 Å². The van der Waals surface area contributed by atoms with Gasteiger partial charge in [0.25, 0.3) is 5.56 Å². The number of rotatable bonds is 4. The van der Waals surface area contributed by atoms with E-state index in [1.54, 1.807) is 30.3 Å². The fourth-order valence-electron chi connectivity index (χ4n) is 3.00. The molecule has 9 heteroatoms. The van der Waals surface area contributed by atoms with Gasteiger partial charge in [0, 0.05) is 11.8 Å². The molecule has 0 saturated carbocycles. The number of nitrogens with one attached hydrogen (secondary N) is 1. The highest BCUT2D eigenvalue weighted by atomic mass is 16.6. The number of carbonyl (C=O) groups excluding carboxylic acids is 1. The number of ether oxygens (including phenoxy) is 2. The molecular formula is C18H20N2O7. The molecule has 27 heavy (non-hydrogen) atoms. The molecule has 1 fully saturated rings. The van der Waals surface area contributed by atoms with E-state index in [9.17, 15) is 24.6 Å². The SMILES string of the molecule is Cc1cn([C@@H]2COC(CO)[C@@H](OC(=O)c3ccccc3)[C@H]2O)c(=O)[nH]c1=O. The van der Waals surface area contributed by atoms with Gasteiger partial charge in [0.1, 0.15) is 12.2 Å². The van der Waals surface area contributed by atoms with Gasteiger partial charge in [-0.05, 0) is 19.1 Å². The molecule has 1 unspecified atom stereocenters. The van der Waals surface area contributed by atoms with Crippen molar-refractivity contribution in [2.75, 3.05) is 13.2 Å². The number of hydrogen-bond donors (Lipinski definition) is 3. The number of carbonyl (C=O) groups is 1. The molecule has 1 saturated heterocycles. The monoisotopic (exact) mass is 376 g/mol. The normalized spacial score (nSPS) is 25.1. The average Bonchev–Trinajstić information content (AvgIpc) is 2.67. The van der Waals surface area contributed by atoms with Crippen LogP contribution in [-0.4, -0.2) is 57.3 Å². The Morgan fingerprint density at radius 3 is 2.70 bits per heavy atom. The van der Waals surface area contributed by atoms with Crippen molar-refractivity contribution >= 4 is 5.97 Å². The predicted molar refractivity (Wildman–Crippen MR) is 93.6 cm³/mol. The van der Waals surface area contributed by atoms with Crippen LogP contribution in [0.3, 0.4) is 0 Å². The number of aliphatic hydroxyl groups excluding tert-OH is 2. The lowest BCUT2D eigenvalue weighted by molar-refractivity contribution is -0.172. The first kappa shape index (κ1) is 19.0. The van der Waals surface area contributed by atoms with E-state index in [1.807, 2.05) is 0 Å². The standard InChI is InChI=1S/C18H20N2O7/c1-10-7-20(18(25)19-16(10)23)12-9-26-13(8-21)15(14(12)22)27-17(24)11-5-3-2-4-6-11/h2-7,12-15,21-22H,8-9H2,1H3,(H,19,23,25)/t12-,13?,14+,15-/m1/s1. The molecule has 3 rings (SSSR count). The maximum Gasteiger partial charge on any atom is 0.338 e. The molecule has 2 aromatic rings. The summed E-state index contributed by atoms with van der Waals surface area (Å²) in [6.07, 6.45) is -2.15. The molecule has 1 aliphatic rings. The van der Waals surface area contributed by atoms with Crippen LogP contribution in [0, 0.1) is 6.92 Å². The lowest BCUT2D eigenvalue weighted by Gasteiger charge is -2.39. The van der Waals surface area contributed by atoms with Gasteiger partial charge in [0.15, 0.2) is 6.10 Å². The van der Waals surface area contributed by atoms with E-state index in [0.29, 0.717) is 0 Å². The van der Waals surface area contributed by atoms with Gasteiger partial charge in [-0.15, -0.1) is 0 Å². The van der Waals surface area contributed by atoms with Gasteiger partial charge in [0.2, 0.25) is 0 Å². The van der Waals surface area contributed by atoms with E-state index in [2.05, 4.69) is 4.98 Å². The third-order valence-electron chi connectivity index (χ3n) is 4.51. The summed E-state index contributed by atoms with van der Waals surface area (Å²) in [5.74, 6) is -0.688. The van der Waals surface area contributed by atoms with Gasteiger partial charge < -0.3 is 19.7 Å². The van der Waals surface area contributed by atoms with Crippen molar-refractivity contribution in [3.05, 3.63) is 68.5 Å². The number of H-pyrrole nitrogens is 1. The fourth-order valence-corrected chi connectivity index (χ4v) is 3.00. The number of aromatic amines is 1. The molecule has 2 heterocycles. The topological polar surface area (TPSA) is 131 Å². The molecule has 0 aliphatic carbocycles. The van der Waals surface area contributed by atoms with Crippen LogP contribution in [-0.2, 0) is 9.47 Å². The molecule has 4 atom stereocenters.